The molecule has 5 nitrogen and oxygen atoms in total. The average molecular weight is 400 g/mol. The Balaban J connectivity index is 2.06. The molecule has 4 rings (SSSR count). The van der Waals surface area contributed by atoms with Crippen LogP contribution in [-0.2, 0) is 6.42 Å². The fourth-order valence-corrected chi connectivity index (χ4v) is 3.94. The minimum Gasteiger partial charge on any atom is -0.325 e. The zero-order valence-corrected chi connectivity index (χ0v) is 14.8. The van der Waals surface area contributed by atoms with Crippen LogP contribution >= 0.6 is 15.9 Å². The Morgan fingerprint density at radius 2 is 2.00 bits per heavy atom. The van der Waals surface area contributed by atoms with E-state index in [9.17, 15) is 4.39 Å². The Hall–Kier alpha value is -2.54. The van der Waals surface area contributed by atoms with Crippen molar-refractivity contribution in [2.75, 3.05) is 11.4 Å². The maximum Gasteiger partial charge on any atom is 0.229 e. The molecule has 0 bridgehead atoms. The van der Waals surface area contributed by atoms with Gasteiger partial charge in [-0.15, -0.1) is 0 Å². The number of halogens is 2. The van der Waals surface area contributed by atoms with Crippen LogP contribution in [0.3, 0.4) is 0 Å². The topological polar surface area (TPSA) is 68.8 Å². The van der Waals surface area contributed by atoms with Gasteiger partial charge in [0, 0.05) is 16.7 Å². The second kappa shape index (κ2) is 6.07. The molecule has 0 aliphatic carbocycles. The van der Waals surface area contributed by atoms with Gasteiger partial charge in [-0.2, -0.15) is 4.98 Å². The van der Waals surface area contributed by atoms with Gasteiger partial charge in [0.2, 0.25) is 5.62 Å². The van der Waals surface area contributed by atoms with Gasteiger partial charge in [-0.25, -0.2) is 4.39 Å². The van der Waals surface area contributed by atoms with Crippen LogP contribution in [0.25, 0.3) is 10.9 Å². The second-order valence-electron chi connectivity index (χ2n) is 5.88. The molecule has 0 radical (unpaired) electrons. The zero-order chi connectivity index (χ0) is 17.6. The van der Waals surface area contributed by atoms with Crippen LogP contribution in [-0.4, -0.2) is 22.4 Å². The van der Waals surface area contributed by atoms with Crippen LogP contribution < -0.4 is 10.5 Å². The van der Waals surface area contributed by atoms with E-state index in [1.807, 2.05) is 23.1 Å². The fourth-order valence-electron chi connectivity index (χ4n) is 3.39. The number of rotatable bonds is 2. The van der Waals surface area contributed by atoms with Crippen molar-refractivity contribution < 1.29 is 4.39 Å². The van der Waals surface area contributed by atoms with Crippen LogP contribution in [0.15, 0.2) is 40.9 Å². The molecule has 2 N–H and O–H groups in total. The Morgan fingerprint density at radius 3 is 2.80 bits per heavy atom. The number of nitrogens with one attached hydrogen (secondary N) is 2. The van der Waals surface area contributed by atoms with Gasteiger partial charge in [0.25, 0.3) is 0 Å². The van der Waals surface area contributed by atoms with Crippen molar-refractivity contribution in [1.82, 2.24) is 9.55 Å². The number of hydrogen-bond donors (Lipinski definition) is 2. The van der Waals surface area contributed by atoms with Gasteiger partial charge in [0.1, 0.15) is 11.6 Å². The van der Waals surface area contributed by atoms with Gasteiger partial charge in [0.15, 0.2) is 0 Å². The number of nitrogens with zero attached hydrogens (tertiary/aromatic N) is 3. The summed E-state index contributed by atoms with van der Waals surface area (Å²) in [6.07, 6.45) is 2.84. The molecule has 2 aromatic carbocycles. The monoisotopic (exact) mass is 399 g/mol. The Kier molecular flexibility index (Phi) is 3.88. The van der Waals surface area contributed by atoms with Crippen LogP contribution in [0.5, 0.6) is 0 Å². The lowest BCUT2D eigenvalue weighted by atomic mass is 10.0. The molecule has 0 unspecified atom stereocenters. The molecule has 0 spiro atoms. The molecule has 1 aliphatic heterocycles. The van der Waals surface area contributed by atoms with Crippen LogP contribution in [0.1, 0.15) is 12.0 Å². The van der Waals surface area contributed by atoms with Crippen molar-refractivity contribution in [3.8, 4) is 0 Å². The van der Waals surface area contributed by atoms with Crippen LogP contribution in [0, 0.1) is 16.6 Å². The quantitative estimate of drug-likeness (QED) is 0.505. The molecule has 7 heteroatoms. The first-order chi connectivity index (χ1) is 12.1. The van der Waals surface area contributed by atoms with Crippen molar-refractivity contribution in [3.05, 3.63) is 57.9 Å². The summed E-state index contributed by atoms with van der Waals surface area (Å²) < 4.78 is 17.0. The summed E-state index contributed by atoms with van der Waals surface area (Å²) in [7, 11) is 0. The lowest BCUT2D eigenvalue weighted by Gasteiger charge is -2.32. The predicted octanol–water partition coefficient (Wildman–Crippen LogP) is 3.96. The molecule has 3 aromatic rings. The number of fused-ring (bicyclic) bond motifs is 2. The molecule has 126 valence electrons. The van der Waals surface area contributed by atoms with E-state index >= 15 is 0 Å². The van der Waals surface area contributed by atoms with Crippen molar-refractivity contribution in [2.24, 2.45) is 0 Å². The minimum atomic E-state index is -0.405. The molecule has 2 heterocycles. The van der Waals surface area contributed by atoms with E-state index in [0.29, 0.717) is 23.3 Å². The first-order valence-corrected chi connectivity index (χ1v) is 8.72. The molecule has 1 aliphatic rings. The van der Waals surface area contributed by atoms with Crippen molar-refractivity contribution in [1.29, 1.82) is 10.8 Å². The highest BCUT2D eigenvalue weighted by molar-refractivity contribution is 9.10. The van der Waals surface area contributed by atoms with Crippen molar-refractivity contribution in [3.63, 3.8) is 0 Å². The van der Waals surface area contributed by atoms with Gasteiger partial charge in [0.05, 0.1) is 17.2 Å². The molecular weight excluding hydrogens is 385 g/mol. The summed E-state index contributed by atoms with van der Waals surface area (Å²) in [5.41, 5.74) is 2.51. The number of anilines is 2. The number of benzene rings is 2. The standard InChI is InChI=1S/C18H15BrFN5/c19-12-5-1-7-14-11(12)4-3-9-24(14)17-16-13(20)6-2-8-15(16)25(10-21)18(22)23-17/h1-2,5-8,10,21-22H,3-4,9H2. The van der Waals surface area contributed by atoms with E-state index in [2.05, 4.69) is 20.9 Å². The van der Waals surface area contributed by atoms with Gasteiger partial charge < -0.3 is 4.90 Å². The molecule has 0 saturated heterocycles. The SMILES string of the molecule is N=Cn1c(=N)nc(N2CCCc3c(Br)cccc32)c2c(F)cccc21. The minimum absolute atomic E-state index is 0.0924. The van der Waals surface area contributed by atoms with Crippen molar-refractivity contribution >= 4 is 44.7 Å². The van der Waals surface area contributed by atoms with Crippen LogP contribution in [0.4, 0.5) is 15.9 Å². The number of hydrogen-bond acceptors (Lipinski definition) is 4. The summed E-state index contributed by atoms with van der Waals surface area (Å²) >= 11 is 3.59. The van der Waals surface area contributed by atoms with Gasteiger partial charge >= 0.3 is 0 Å². The third-order valence-electron chi connectivity index (χ3n) is 4.49. The second-order valence-corrected chi connectivity index (χ2v) is 6.74. The highest BCUT2D eigenvalue weighted by atomic mass is 79.9. The molecule has 0 saturated carbocycles. The Labute approximate surface area is 151 Å². The van der Waals surface area contributed by atoms with Gasteiger partial charge in [-0.1, -0.05) is 28.1 Å². The summed E-state index contributed by atoms with van der Waals surface area (Å²) in [5, 5.41) is 16.0. The van der Waals surface area contributed by atoms with Gasteiger partial charge in [-0.05, 0) is 42.7 Å². The lowest BCUT2D eigenvalue weighted by molar-refractivity contribution is 0.637. The third kappa shape index (κ3) is 2.46. The Morgan fingerprint density at radius 1 is 1.20 bits per heavy atom. The first kappa shape index (κ1) is 16.0. The molecule has 1 aromatic heterocycles. The first-order valence-electron chi connectivity index (χ1n) is 7.92. The van der Waals surface area contributed by atoms with E-state index in [1.165, 1.54) is 10.6 Å². The maximum atomic E-state index is 14.7. The summed E-state index contributed by atoms with van der Waals surface area (Å²) in [6.45, 7) is 0.702. The largest absolute Gasteiger partial charge is 0.325 e. The zero-order valence-electron chi connectivity index (χ0n) is 13.3. The van der Waals surface area contributed by atoms with E-state index in [1.54, 1.807) is 12.1 Å². The lowest BCUT2D eigenvalue weighted by Crippen LogP contribution is -2.31. The van der Waals surface area contributed by atoms with E-state index in [0.717, 1.165) is 34.9 Å². The highest BCUT2D eigenvalue weighted by Gasteiger charge is 2.24. The molecule has 0 atom stereocenters. The summed E-state index contributed by atoms with van der Waals surface area (Å²) in [6, 6.07) is 10.6. The van der Waals surface area contributed by atoms with Crippen molar-refractivity contribution in [2.45, 2.75) is 12.8 Å². The number of aromatic nitrogens is 2. The van der Waals surface area contributed by atoms with Crippen LogP contribution in [0.2, 0.25) is 0 Å². The highest BCUT2D eigenvalue weighted by Crippen LogP contribution is 2.38. The normalized spacial score (nSPS) is 13.8. The van der Waals surface area contributed by atoms with E-state index in [4.69, 9.17) is 10.8 Å². The molecule has 25 heavy (non-hydrogen) atoms. The fraction of sp³-hybridized carbons (Fsp3) is 0.167. The third-order valence-corrected chi connectivity index (χ3v) is 5.24. The Bertz CT molecular complexity index is 1060. The van der Waals surface area contributed by atoms with E-state index < -0.39 is 5.82 Å². The summed E-state index contributed by atoms with van der Waals surface area (Å²) in [4.78, 5) is 6.31. The molecule has 0 amide bonds. The van der Waals surface area contributed by atoms with Gasteiger partial charge in [-0.3, -0.25) is 15.4 Å². The average Bonchev–Trinajstić information content (AvgIpc) is 2.61. The van der Waals surface area contributed by atoms with E-state index in [-0.39, 0.29) is 5.62 Å². The predicted molar refractivity (Wildman–Crippen MR) is 99.2 cm³/mol. The molecule has 0 fully saturated rings. The maximum absolute atomic E-state index is 14.7. The molecular formula is C18H15BrFN5. The summed E-state index contributed by atoms with van der Waals surface area (Å²) in [5.74, 6) is 0.0213. The smallest absolute Gasteiger partial charge is 0.229 e.